The first-order valence-electron chi connectivity index (χ1n) is 9.38. The molecule has 0 aliphatic heterocycles. The highest BCUT2D eigenvalue weighted by Crippen LogP contribution is 2.24. The Morgan fingerprint density at radius 1 is 0.966 bits per heavy atom. The van der Waals surface area contributed by atoms with Crippen molar-refractivity contribution >= 4 is 15.9 Å². The number of rotatable bonds is 10. The molecular weight excluding hydrogens is 392 g/mol. The summed E-state index contributed by atoms with van der Waals surface area (Å²) in [6.45, 7) is 3.88. The van der Waals surface area contributed by atoms with Gasteiger partial charge in [-0.1, -0.05) is 19.1 Å². The van der Waals surface area contributed by atoms with Crippen LogP contribution < -0.4 is 19.5 Å². The van der Waals surface area contributed by atoms with Gasteiger partial charge in [0.1, 0.15) is 11.5 Å². The van der Waals surface area contributed by atoms with Gasteiger partial charge < -0.3 is 14.8 Å². The van der Waals surface area contributed by atoms with E-state index in [1.54, 1.807) is 43.5 Å². The summed E-state index contributed by atoms with van der Waals surface area (Å²) in [4.78, 5) is 12.5. The van der Waals surface area contributed by atoms with E-state index in [2.05, 4.69) is 10.0 Å². The van der Waals surface area contributed by atoms with Gasteiger partial charge in [0.25, 0.3) is 0 Å². The Kier molecular flexibility index (Phi) is 8.04. The lowest BCUT2D eigenvalue weighted by atomic mass is 10.0. The lowest BCUT2D eigenvalue weighted by molar-refractivity contribution is -0.122. The molecule has 2 N–H and O–H groups in total. The van der Waals surface area contributed by atoms with Crippen LogP contribution in [0.5, 0.6) is 11.5 Å². The van der Waals surface area contributed by atoms with Crippen molar-refractivity contribution in [1.29, 1.82) is 0 Å². The van der Waals surface area contributed by atoms with Crippen LogP contribution in [0, 0.1) is 0 Å². The van der Waals surface area contributed by atoms with Crippen LogP contribution in [-0.4, -0.2) is 34.6 Å². The van der Waals surface area contributed by atoms with E-state index in [0.29, 0.717) is 17.1 Å². The Balaban J connectivity index is 2.28. The highest BCUT2D eigenvalue weighted by Gasteiger charge is 2.24. The van der Waals surface area contributed by atoms with Crippen molar-refractivity contribution in [3.05, 3.63) is 54.1 Å². The number of hydrogen-bond acceptors (Lipinski definition) is 5. The van der Waals surface area contributed by atoms with E-state index < -0.39 is 16.1 Å². The van der Waals surface area contributed by atoms with Crippen molar-refractivity contribution in [2.45, 2.75) is 43.7 Å². The van der Waals surface area contributed by atoms with Crippen LogP contribution in [0.15, 0.2) is 53.4 Å². The number of carbonyl (C=O) groups excluding carboxylic acids is 1. The molecule has 0 saturated heterocycles. The normalized spacial score (nSPS) is 13.4. The van der Waals surface area contributed by atoms with E-state index in [0.717, 1.165) is 6.42 Å². The molecule has 2 rings (SSSR count). The first-order chi connectivity index (χ1) is 13.8. The van der Waals surface area contributed by atoms with E-state index in [-0.39, 0.29) is 23.3 Å². The molecule has 0 fully saturated rings. The zero-order valence-electron chi connectivity index (χ0n) is 17.1. The summed E-state index contributed by atoms with van der Waals surface area (Å²) < 4.78 is 38.7. The van der Waals surface area contributed by atoms with Crippen LogP contribution in [0.2, 0.25) is 0 Å². The lowest BCUT2D eigenvalue weighted by Gasteiger charge is -2.21. The van der Waals surface area contributed by atoms with Crippen LogP contribution in [0.1, 0.15) is 38.3 Å². The molecule has 0 bridgehead atoms. The summed E-state index contributed by atoms with van der Waals surface area (Å²) in [6.07, 6.45) is 0.766. The Labute approximate surface area is 172 Å². The topological polar surface area (TPSA) is 93.7 Å². The minimum atomic E-state index is -3.84. The standard InChI is InChI=1S/C21H28N2O5S/c1-5-15(2)22-21(24)14-20(16-6-8-17(27-3)9-7-16)23-29(25,26)19-12-10-18(28-4)11-13-19/h6-13,15,20,23H,5,14H2,1-4H3,(H,22,24)/t15-,20+/m1/s1. The van der Waals surface area contributed by atoms with E-state index in [4.69, 9.17) is 9.47 Å². The van der Waals surface area contributed by atoms with E-state index >= 15 is 0 Å². The molecule has 29 heavy (non-hydrogen) atoms. The Morgan fingerprint density at radius 2 is 1.48 bits per heavy atom. The van der Waals surface area contributed by atoms with Gasteiger partial charge in [-0.25, -0.2) is 13.1 Å². The summed E-state index contributed by atoms with van der Waals surface area (Å²) in [5.74, 6) is 0.982. The van der Waals surface area contributed by atoms with Crippen molar-refractivity contribution in [2.75, 3.05) is 14.2 Å². The molecule has 0 aliphatic rings. The molecule has 0 unspecified atom stereocenters. The molecule has 1 amide bonds. The highest BCUT2D eigenvalue weighted by atomic mass is 32.2. The number of nitrogens with one attached hydrogen (secondary N) is 2. The summed E-state index contributed by atoms with van der Waals surface area (Å²) in [6, 6.07) is 12.3. The molecule has 0 radical (unpaired) electrons. The number of methoxy groups -OCH3 is 2. The van der Waals surface area contributed by atoms with Crippen molar-refractivity contribution in [1.82, 2.24) is 10.0 Å². The Morgan fingerprint density at radius 3 is 1.97 bits per heavy atom. The Hall–Kier alpha value is -2.58. The van der Waals surface area contributed by atoms with Gasteiger partial charge in [0.2, 0.25) is 15.9 Å². The third kappa shape index (κ3) is 6.47. The maximum atomic E-state index is 12.9. The number of sulfonamides is 1. The molecule has 2 aromatic rings. The molecule has 158 valence electrons. The SMILES string of the molecule is CC[C@@H](C)NC(=O)C[C@H](NS(=O)(=O)c1ccc(OC)cc1)c1ccc(OC)cc1. The van der Waals surface area contributed by atoms with Gasteiger partial charge in [-0.05, 0) is 55.3 Å². The van der Waals surface area contributed by atoms with Gasteiger partial charge in [0.15, 0.2) is 0 Å². The number of hydrogen-bond donors (Lipinski definition) is 2. The fraction of sp³-hybridized carbons (Fsp3) is 0.381. The van der Waals surface area contributed by atoms with Crippen LogP contribution in [0.3, 0.4) is 0 Å². The quantitative estimate of drug-likeness (QED) is 0.616. The fourth-order valence-corrected chi connectivity index (χ4v) is 3.92. The van der Waals surface area contributed by atoms with Gasteiger partial charge in [0, 0.05) is 12.5 Å². The molecule has 0 aliphatic carbocycles. The monoisotopic (exact) mass is 420 g/mol. The average Bonchev–Trinajstić information content (AvgIpc) is 2.73. The molecule has 0 spiro atoms. The third-order valence-electron chi connectivity index (χ3n) is 4.59. The number of carbonyl (C=O) groups is 1. The molecule has 0 saturated carbocycles. The fourth-order valence-electron chi connectivity index (χ4n) is 2.70. The van der Waals surface area contributed by atoms with Crippen molar-refractivity contribution in [3.63, 3.8) is 0 Å². The van der Waals surface area contributed by atoms with Gasteiger partial charge in [0.05, 0.1) is 25.2 Å². The van der Waals surface area contributed by atoms with Crippen LogP contribution in [0.4, 0.5) is 0 Å². The highest BCUT2D eigenvalue weighted by molar-refractivity contribution is 7.89. The summed E-state index contributed by atoms with van der Waals surface area (Å²) in [5, 5.41) is 2.88. The summed E-state index contributed by atoms with van der Waals surface area (Å²) in [5.41, 5.74) is 0.669. The molecule has 2 atom stereocenters. The molecule has 2 aromatic carbocycles. The second-order valence-electron chi connectivity index (χ2n) is 6.70. The van der Waals surface area contributed by atoms with E-state index in [1.165, 1.54) is 19.2 Å². The Bertz CT molecular complexity index is 896. The van der Waals surface area contributed by atoms with Crippen LogP contribution >= 0.6 is 0 Å². The van der Waals surface area contributed by atoms with Gasteiger partial charge in [-0.15, -0.1) is 0 Å². The second kappa shape index (κ2) is 10.3. The third-order valence-corrected chi connectivity index (χ3v) is 6.08. The van der Waals surface area contributed by atoms with Gasteiger partial charge >= 0.3 is 0 Å². The maximum Gasteiger partial charge on any atom is 0.241 e. The van der Waals surface area contributed by atoms with E-state index in [1.807, 2.05) is 13.8 Å². The number of amides is 1. The molecule has 8 heteroatoms. The summed E-state index contributed by atoms with van der Waals surface area (Å²) >= 11 is 0. The van der Waals surface area contributed by atoms with Crippen molar-refractivity contribution in [2.24, 2.45) is 0 Å². The van der Waals surface area contributed by atoms with Crippen LogP contribution in [-0.2, 0) is 14.8 Å². The first-order valence-corrected chi connectivity index (χ1v) is 10.9. The predicted molar refractivity (Wildman–Crippen MR) is 112 cm³/mol. The van der Waals surface area contributed by atoms with Crippen LogP contribution in [0.25, 0.3) is 0 Å². The second-order valence-corrected chi connectivity index (χ2v) is 8.42. The molecule has 0 aromatic heterocycles. The predicted octanol–water partition coefficient (Wildman–Crippen LogP) is 3.03. The first kappa shape index (κ1) is 22.7. The lowest BCUT2D eigenvalue weighted by Crippen LogP contribution is -2.37. The number of benzene rings is 2. The number of ether oxygens (including phenoxy) is 2. The average molecular weight is 421 g/mol. The zero-order valence-corrected chi connectivity index (χ0v) is 18.0. The van der Waals surface area contributed by atoms with Crippen molar-refractivity contribution in [3.8, 4) is 11.5 Å². The summed E-state index contributed by atoms with van der Waals surface area (Å²) in [7, 11) is -0.779. The minimum Gasteiger partial charge on any atom is -0.497 e. The molecular formula is C21H28N2O5S. The molecule has 0 heterocycles. The van der Waals surface area contributed by atoms with Gasteiger partial charge in [-0.2, -0.15) is 0 Å². The van der Waals surface area contributed by atoms with Gasteiger partial charge in [-0.3, -0.25) is 4.79 Å². The minimum absolute atomic E-state index is 0.0113. The van der Waals surface area contributed by atoms with E-state index in [9.17, 15) is 13.2 Å². The molecule has 7 nitrogen and oxygen atoms in total. The maximum absolute atomic E-state index is 12.9. The largest absolute Gasteiger partial charge is 0.497 e. The smallest absolute Gasteiger partial charge is 0.241 e. The van der Waals surface area contributed by atoms with Crippen molar-refractivity contribution < 1.29 is 22.7 Å². The zero-order chi connectivity index (χ0) is 21.4.